The Morgan fingerprint density at radius 2 is 2.39 bits per heavy atom. The van der Waals surface area contributed by atoms with E-state index in [0.717, 1.165) is 12.2 Å². The molecule has 0 aliphatic rings. The van der Waals surface area contributed by atoms with E-state index >= 15 is 0 Å². The molecule has 6 heteroatoms. The van der Waals surface area contributed by atoms with Gasteiger partial charge in [-0.3, -0.25) is 9.89 Å². The second-order valence-electron chi connectivity index (χ2n) is 4.46. The Labute approximate surface area is 110 Å². The van der Waals surface area contributed by atoms with Crippen LogP contribution in [0.1, 0.15) is 35.2 Å². The van der Waals surface area contributed by atoms with Crippen molar-refractivity contribution in [2.45, 2.75) is 26.8 Å². The lowest BCUT2D eigenvalue weighted by Gasteiger charge is -2.00. The third-order valence-electron chi connectivity index (χ3n) is 2.33. The lowest BCUT2D eigenvalue weighted by molar-refractivity contribution is 0.0954. The van der Waals surface area contributed by atoms with E-state index in [0.29, 0.717) is 23.2 Å². The highest BCUT2D eigenvalue weighted by Gasteiger charge is 2.08. The van der Waals surface area contributed by atoms with Gasteiger partial charge in [-0.1, -0.05) is 19.9 Å². The Morgan fingerprint density at radius 1 is 1.56 bits per heavy atom. The second-order valence-corrected chi connectivity index (χ2v) is 5.40. The monoisotopic (exact) mass is 264 g/mol. The van der Waals surface area contributed by atoms with Crippen molar-refractivity contribution < 1.29 is 4.79 Å². The van der Waals surface area contributed by atoms with Crippen LogP contribution in [0.2, 0.25) is 0 Å². The molecule has 0 spiro atoms. The molecule has 2 aromatic heterocycles. The van der Waals surface area contributed by atoms with Crippen molar-refractivity contribution in [1.29, 1.82) is 0 Å². The van der Waals surface area contributed by atoms with E-state index in [1.165, 1.54) is 11.3 Å². The van der Waals surface area contributed by atoms with Crippen molar-refractivity contribution in [2.24, 2.45) is 5.92 Å². The quantitative estimate of drug-likeness (QED) is 0.867. The van der Waals surface area contributed by atoms with Gasteiger partial charge in [0.2, 0.25) is 0 Å². The second kappa shape index (κ2) is 5.77. The summed E-state index contributed by atoms with van der Waals surface area (Å²) in [6.07, 6.45) is 0.843. The summed E-state index contributed by atoms with van der Waals surface area (Å²) in [5.74, 6) is 1.93. The molecule has 5 nitrogen and oxygen atoms in total. The average molecular weight is 264 g/mol. The van der Waals surface area contributed by atoms with Crippen LogP contribution in [0.4, 0.5) is 0 Å². The molecule has 0 unspecified atom stereocenters. The van der Waals surface area contributed by atoms with Gasteiger partial charge >= 0.3 is 0 Å². The SMILES string of the molecule is CC(C)Cc1n[nH]c(CNC(=O)c2cccs2)n1. The largest absolute Gasteiger partial charge is 0.344 e. The summed E-state index contributed by atoms with van der Waals surface area (Å²) in [5, 5.41) is 11.6. The highest BCUT2D eigenvalue weighted by molar-refractivity contribution is 7.12. The molecule has 18 heavy (non-hydrogen) atoms. The molecule has 2 heterocycles. The van der Waals surface area contributed by atoms with Crippen molar-refractivity contribution in [2.75, 3.05) is 0 Å². The van der Waals surface area contributed by atoms with E-state index in [4.69, 9.17) is 0 Å². The molecule has 2 rings (SSSR count). The van der Waals surface area contributed by atoms with Crippen molar-refractivity contribution in [1.82, 2.24) is 20.5 Å². The fraction of sp³-hybridized carbons (Fsp3) is 0.417. The van der Waals surface area contributed by atoms with Crippen LogP contribution in [0.25, 0.3) is 0 Å². The summed E-state index contributed by atoms with van der Waals surface area (Å²) in [6, 6.07) is 3.65. The maximum absolute atomic E-state index is 11.7. The molecule has 0 aliphatic carbocycles. The van der Waals surface area contributed by atoms with Gasteiger partial charge in [0.05, 0.1) is 11.4 Å². The molecule has 96 valence electrons. The molecule has 2 aromatic rings. The molecule has 0 saturated heterocycles. The molecule has 0 radical (unpaired) electrons. The molecular weight excluding hydrogens is 248 g/mol. The number of thiophene rings is 1. The summed E-state index contributed by atoms with van der Waals surface area (Å²) in [7, 11) is 0. The first-order valence-corrected chi connectivity index (χ1v) is 6.75. The maximum atomic E-state index is 11.7. The van der Waals surface area contributed by atoms with Crippen molar-refractivity contribution in [3.8, 4) is 0 Å². The molecule has 1 amide bonds. The first kappa shape index (κ1) is 12.8. The topological polar surface area (TPSA) is 70.7 Å². The number of nitrogens with one attached hydrogen (secondary N) is 2. The van der Waals surface area contributed by atoms with Gasteiger partial charge in [-0.2, -0.15) is 5.10 Å². The lowest BCUT2D eigenvalue weighted by atomic mass is 10.1. The highest BCUT2D eigenvalue weighted by atomic mass is 32.1. The van der Waals surface area contributed by atoms with Gasteiger partial charge in [-0.25, -0.2) is 4.98 Å². The number of aromatic nitrogens is 3. The van der Waals surface area contributed by atoms with E-state index in [1.54, 1.807) is 6.07 Å². The standard InChI is InChI=1S/C12H16N4OS/c1-8(2)6-10-14-11(16-15-10)7-13-12(17)9-4-3-5-18-9/h3-5,8H,6-7H2,1-2H3,(H,13,17)(H,14,15,16). The summed E-state index contributed by atoms with van der Waals surface area (Å²) >= 11 is 1.42. The molecule has 0 bridgehead atoms. The van der Waals surface area contributed by atoms with Gasteiger partial charge in [0, 0.05) is 6.42 Å². The van der Waals surface area contributed by atoms with Crippen LogP contribution >= 0.6 is 11.3 Å². The molecule has 2 N–H and O–H groups in total. The Kier molecular flexibility index (Phi) is 4.09. The molecule has 0 fully saturated rings. The van der Waals surface area contributed by atoms with Crippen LogP contribution < -0.4 is 5.32 Å². The Morgan fingerprint density at radius 3 is 3.06 bits per heavy atom. The Balaban J connectivity index is 1.87. The van der Waals surface area contributed by atoms with E-state index in [1.807, 2.05) is 11.4 Å². The van der Waals surface area contributed by atoms with Gasteiger partial charge in [0.1, 0.15) is 5.82 Å². The normalized spacial score (nSPS) is 10.8. The minimum absolute atomic E-state index is 0.0770. The number of carbonyl (C=O) groups excluding carboxylic acids is 1. The van der Waals surface area contributed by atoms with Crippen molar-refractivity contribution >= 4 is 17.2 Å². The minimum Gasteiger partial charge on any atom is -0.344 e. The molecular formula is C12H16N4OS. The molecule has 0 aromatic carbocycles. The summed E-state index contributed by atoms with van der Waals surface area (Å²) in [6.45, 7) is 4.62. The van der Waals surface area contributed by atoms with Gasteiger partial charge < -0.3 is 5.32 Å². The maximum Gasteiger partial charge on any atom is 0.261 e. The van der Waals surface area contributed by atoms with Gasteiger partial charge in [0.15, 0.2) is 5.82 Å². The first-order valence-electron chi connectivity index (χ1n) is 5.87. The fourth-order valence-electron chi connectivity index (χ4n) is 1.53. The molecule has 0 atom stereocenters. The smallest absolute Gasteiger partial charge is 0.261 e. The highest BCUT2D eigenvalue weighted by Crippen LogP contribution is 2.08. The zero-order chi connectivity index (χ0) is 13.0. The Bertz CT molecular complexity index is 504. The van der Waals surface area contributed by atoms with E-state index in [2.05, 4.69) is 34.3 Å². The first-order chi connectivity index (χ1) is 8.65. The number of hydrogen-bond donors (Lipinski definition) is 2. The summed E-state index contributed by atoms with van der Waals surface area (Å²) < 4.78 is 0. The third kappa shape index (κ3) is 3.40. The lowest BCUT2D eigenvalue weighted by Crippen LogP contribution is -2.22. The van der Waals surface area contributed by atoms with Crippen LogP contribution in [0.15, 0.2) is 17.5 Å². The predicted molar refractivity (Wildman–Crippen MR) is 70.4 cm³/mol. The number of H-pyrrole nitrogens is 1. The van der Waals surface area contributed by atoms with Gasteiger partial charge in [-0.05, 0) is 17.4 Å². The van der Waals surface area contributed by atoms with Crippen LogP contribution in [-0.4, -0.2) is 21.1 Å². The van der Waals surface area contributed by atoms with E-state index < -0.39 is 0 Å². The minimum atomic E-state index is -0.0770. The summed E-state index contributed by atoms with van der Waals surface area (Å²) in [4.78, 5) is 16.7. The van der Waals surface area contributed by atoms with E-state index in [-0.39, 0.29) is 5.91 Å². The number of hydrogen-bond acceptors (Lipinski definition) is 4. The van der Waals surface area contributed by atoms with Gasteiger partial charge in [0.25, 0.3) is 5.91 Å². The zero-order valence-corrected chi connectivity index (χ0v) is 11.3. The molecule has 0 aliphatic heterocycles. The average Bonchev–Trinajstić information content (AvgIpc) is 2.95. The zero-order valence-electron chi connectivity index (χ0n) is 10.4. The number of aromatic amines is 1. The van der Waals surface area contributed by atoms with Crippen molar-refractivity contribution in [3.63, 3.8) is 0 Å². The number of nitrogens with zero attached hydrogens (tertiary/aromatic N) is 2. The van der Waals surface area contributed by atoms with Crippen LogP contribution in [0, 0.1) is 5.92 Å². The summed E-state index contributed by atoms with van der Waals surface area (Å²) in [5.41, 5.74) is 0. The number of rotatable bonds is 5. The number of amides is 1. The fourth-order valence-corrected chi connectivity index (χ4v) is 2.17. The number of carbonyl (C=O) groups is 1. The van der Waals surface area contributed by atoms with E-state index in [9.17, 15) is 4.79 Å². The third-order valence-corrected chi connectivity index (χ3v) is 3.20. The van der Waals surface area contributed by atoms with Crippen LogP contribution in [0.3, 0.4) is 0 Å². The van der Waals surface area contributed by atoms with Crippen LogP contribution in [-0.2, 0) is 13.0 Å². The molecule has 0 saturated carbocycles. The Hall–Kier alpha value is -1.69. The van der Waals surface area contributed by atoms with Crippen LogP contribution in [0.5, 0.6) is 0 Å². The predicted octanol–water partition coefficient (Wildman–Crippen LogP) is 1.99. The van der Waals surface area contributed by atoms with Gasteiger partial charge in [-0.15, -0.1) is 11.3 Å². The van der Waals surface area contributed by atoms with Crippen molar-refractivity contribution in [3.05, 3.63) is 34.0 Å².